The number of hydrogen-bond donors (Lipinski definition) is 1. The third-order valence-electron chi connectivity index (χ3n) is 5.95. The highest BCUT2D eigenvalue weighted by Gasteiger charge is 2.26. The van der Waals surface area contributed by atoms with E-state index in [1.807, 2.05) is 22.2 Å². The Morgan fingerprint density at radius 3 is 2.19 bits per heavy atom. The highest BCUT2D eigenvalue weighted by molar-refractivity contribution is 7.11. The Kier molecular flexibility index (Phi) is 6.63. The zero-order valence-corrected chi connectivity index (χ0v) is 19.6. The Bertz CT molecular complexity index is 1030. The van der Waals surface area contributed by atoms with Gasteiger partial charge in [-0.05, 0) is 51.2 Å². The summed E-state index contributed by atoms with van der Waals surface area (Å²) < 4.78 is 1.91. The molecule has 4 rings (SSSR count). The maximum atomic E-state index is 13.3. The summed E-state index contributed by atoms with van der Waals surface area (Å²) in [5.74, 6) is 0. The van der Waals surface area contributed by atoms with Gasteiger partial charge in [0.15, 0.2) is 0 Å². The number of nitrogens with one attached hydrogen (secondary N) is 1. The standard InChI is InChI=1S/C26H33N3OS/c1-26(2,3)29-25(30)23(24(31-29)21-12-8-5-9-13-21)27-22-15-18-28(19-16-22)17-14-20-10-6-4-7-11-20/h4-13,22,27H,14-19H2,1-3H3. The molecule has 0 bridgehead atoms. The van der Waals surface area contributed by atoms with Crippen molar-refractivity contribution in [3.8, 4) is 10.4 Å². The largest absolute Gasteiger partial charge is 0.377 e. The van der Waals surface area contributed by atoms with E-state index in [0.29, 0.717) is 6.04 Å². The van der Waals surface area contributed by atoms with Crippen LogP contribution in [0.2, 0.25) is 0 Å². The molecule has 2 heterocycles. The molecule has 1 fully saturated rings. The molecule has 5 heteroatoms. The molecular formula is C26H33N3OS. The van der Waals surface area contributed by atoms with Crippen molar-refractivity contribution in [2.24, 2.45) is 0 Å². The molecule has 4 nitrogen and oxygen atoms in total. The van der Waals surface area contributed by atoms with Crippen molar-refractivity contribution in [3.63, 3.8) is 0 Å². The van der Waals surface area contributed by atoms with E-state index < -0.39 is 0 Å². The number of benzene rings is 2. The lowest BCUT2D eigenvalue weighted by Crippen LogP contribution is -2.41. The van der Waals surface area contributed by atoms with Crippen LogP contribution < -0.4 is 10.9 Å². The van der Waals surface area contributed by atoms with Crippen LogP contribution in [0.1, 0.15) is 39.2 Å². The summed E-state index contributed by atoms with van der Waals surface area (Å²) >= 11 is 1.57. The number of rotatable bonds is 6. The Hall–Kier alpha value is -2.37. The summed E-state index contributed by atoms with van der Waals surface area (Å²) in [4.78, 5) is 16.9. The van der Waals surface area contributed by atoms with Gasteiger partial charge in [-0.1, -0.05) is 72.2 Å². The minimum atomic E-state index is -0.230. The molecule has 1 aromatic heterocycles. The van der Waals surface area contributed by atoms with Gasteiger partial charge in [0.2, 0.25) is 0 Å². The molecule has 1 aliphatic heterocycles. The van der Waals surface area contributed by atoms with Crippen LogP contribution in [0, 0.1) is 0 Å². The Labute approximate surface area is 189 Å². The van der Waals surface area contributed by atoms with Crippen LogP contribution in [0.25, 0.3) is 10.4 Å². The van der Waals surface area contributed by atoms with Crippen molar-refractivity contribution in [2.45, 2.75) is 51.6 Å². The first-order valence-electron chi connectivity index (χ1n) is 11.3. The molecule has 3 aromatic rings. The highest BCUT2D eigenvalue weighted by Crippen LogP contribution is 2.34. The Balaban J connectivity index is 1.45. The van der Waals surface area contributed by atoms with Gasteiger partial charge >= 0.3 is 0 Å². The van der Waals surface area contributed by atoms with Crippen molar-refractivity contribution in [3.05, 3.63) is 76.6 Å². The van der Waals surface area contributed by atoms with Gasteiger partial charge in [0, 0.05) is 25.7 Å². The quantitative estimate of drug-likeness (QED) is 0.559. The summed E-state index contributed by atoms with van der Waals surface area (Å²) in [5, 5.41) is 3.65. The molecule has 0 spiro atoms. The molecular weight excluding hydrogens is 402 g/mol. The average Bonchev–Trinajstić information content (AvgIpc) is 3.11. The van der Waals surface area contributed by atoms with Crippen molar-refractivity contribution in [1.29, 1.82) is 0 Å². The third kappa shape index (κ3) is 5.28. The van der Waals surface area contributed by atoms with Crippen molar-refractivity contribution in [1.82, 2.24) is 8.86 Å². The predicted molar refractivity (Wildman–Crippen MR) is 132 cm³/mol. The van der Waals surface area contributed by atoms with Gasteiger partial charge in [0.05, 0.1) is 10.4 Å². The minimum Gasteiger partial charge on any atom is -0.377 e. The summed E-state index contributed by atoms with van der Waals surface area (Å²) in [6.45, 7) is 9.52. The molecule has 0 amide bonds. The number of anilines is 1. The molecule has 2 aromatic carbocycles. The van der Waals surface area contributed by atoms with E-state index in [1.54, 1.807) is 11.5 Å². The summed E-state index contributed by atoms with van der Waals surface area (Å²) in [6, 6.07) is 21.3. The van der Waals surface area contributed by atoms with E-state index in [-0.39, 0.29) is 11.1 Å². The molecule has 0 aliphatic carbocycles. The highest BCUT2D eigenvalue weighted by atomic mass is 32.1. The molecule has 0 atom stereocenters. The summed E-state index contributed by atoms with van der Waals surface area (Å²) in [7, 11) is 0. The Morgan fingerprint density at radius 1 is 0.968 bits per heavy atom. The molecule has 1 saturated heterocycles. The lowest BCUT2D eigenvalue weighted by atomic mass is 10.0. The second-order valence-electron chi connectivity index (χ2n) is 9.43. The predicted octanol–water partition coefficient (Wildman–Crippen LogP) is 5.45. The van der Waals surface area contributed by atoms with E-state index in [4.69, 9.17) is 0 Å². The molecule has 0 radical (unpaired) electrons. The third-order valence-corrected chi connectivity index (χ3v) is 7.47. The van der Waals surface area contributed by atoms with Crippen molar-refractivity contribution >= 4 is 17.2 Å². The fourth-order valence-electron chi connectivity index (χ4n) is 4.17. The maximum absolute atomic E-state index is 13.3. The number of hydrogen-bond acceptors (Lipinski definition) is 4. The molecule has 1 N–H and O–H groups in total. The van der Waals surface area contributed by atoms with E-state index in [2.05, 4.69) is 73.5 Å². The number of nitrogens with zero attached hydrogens (tertiary/aromatic N) is 2. The van der Waals surface area contributed by atoms with Gasteiger partial charge in [-0.25, -0.2) is 0 Å². The van der Waals surface area contributed by atoms with Crippen molar-refractivity contribution < 1.29 is 0 Å². The van der Waals surface area contributed by atoms with Crippen LogP contribution in [0.15, 0.2) is 65.5 Å². The molecule has 0 unspecified atom stereocenters. The van der Waals surface area contributed by atoms with Gasteiger partial charge < -0.3 is 10.2 Å². The van der Waals surface area contributed by atoms with Crippen LogP contribution in [0.4, 0.5) is 5.69 Å². The molecule has 164 valence electrons. The SMILES string of the molecule is CC(C)(C)n1sc(-c2ccccc2)c(NC2CCN(CCc3ccccc3)CC2)c1=O. The van der Waals surface area contributed by atoms with Gasteiger partial charge in [0.1, 0.15) is 5.69 Å². The van der Waals surface area contributed by atoms with Gasteiger partial charge in [-0.3, -0.25) is 8.75 Å². The normalized spacial score (nSPS) is 15.8. The van der Waals surface area contributed by atoms with Crippen molar-refractivity contribution in [2.75, 3.05) is 25.0 Å². The topological polar surface area (TPSA) is 37.3 Å². The molecule has 0 saturated carbocycles. The lowest BCUT2D eigenvalue weighted by Gasteiger charge is -2.32. The van der Waals surface area contributed by atoms with E-state index in [1.165, 1.54) is 5.56 Å². The first-order chi connectivity index (χ1) is 14.9. The lowest BCUT2D eigenvalue weighted by molar-refractivity contribution is 0.221. The van der Waals surface area contributed by atoms with E-state index in [0.717, 1.165) is 55.0 Å². The fourth-order valence-corrected chi connectivity index (χ4v) is 5.28. The fraction of sp³-hybridized carbons (Fsp3) is 0.423. The summed E-state index contributed by atoms with van der Waals surface area (Å²) in [5.41, 5.74) is 3.15. The van der Waals surface area contributed by atoms with E-state index in [9.17, 15) is 4.79 Å². The maximum Gasteiger partial charge on any atom is 0.285 e. The minimum absolute atomic E-state index is 0.0999. The number of likely N-dealkylation sites (tertiary alicyclic amines) is 1. The van der Waals surface area contributed by atoms with Gasteiger partial charge in [0.25, 0.3) is 5.56 Å². The monoisotopic (exact) mass is 435 g/mol. The van der Waals surface area contributed by atoms with Gasteiger partial charge in [-0.15, -0.1) is 0 Å². The average molecular weight is 436 g/mol. The summed E-state index contributed by atoms with van der Waals surface area (Å²) in [6.07, 6.45) is 3.22. The second kappa shape index (κ2) is 9.41. The first-order valence-corrected chi connectivity index (χ1v) is 12.0. The first kappa shape index (κ1) is 21.8. The molecule has 31 heavy (non-hydrogen) atoms. The van der Waals surface area contributed by atoms with Crippen LogP contribution in [-0.2, 0) is 12.0 Å². The zero-order valence-electron chi connectivity index (χ0n) is 18.8. The smallest absolute Gasteiger partial charge is 0.285 e. The number of aromatic nitrogens is 1. The second-order valence-corrected chi connectivity index (χ2v) is 10.4. The van der Waals surface area contributed by atoms with E-state index >= 15 is 0 Å². The zero-order chi connectivity index (χ0) is 21.8. The van der Waals surface area contributed by atoms with Crippen LogP contribution in [0.3, 0.4) is 0 Å². The number of piperidine rings is 1. The molecule has 1 aliphatic rings. The van der Waals surface area contributed by atoms with Crippen LogP contribution in [-0.4, -0.2) is 34.5 Å². The van der Waals surface area contributed by atoms with Crippen LogP contribution in [0.5, 0.6) is 0 Å². The van der Waals surface area contributed by atoms with Gasteiger partial charge in [-0.2, -0.15) is 0 Å². The van der Waals surface area contributed by atoms with Crippen LogP contribution >= 0.6 is 11.5 Å². The Morgan fingerprint density at radius 2 is 1.58 bits per heavy atom.